The zero-order chi connectivity index (χ0) is 13.0. The van der Waals surface area contributed by atoms with Gasteiger partial charge in [0.25, 0.3) is 0 Å². The van der Waals surface area contributed by atoms with Crippen LogP contribution in [0.2, 0.25) is 0 Å². The fourth-order valence-electron chi connectivity index (χ4n) is 1.28. The predicted molar refractivity (Wildman–Crippen MR) is 59.9 cm³/mol. The van der Waals surface area contributed by atoms with E-state index in [-0.39, 0.29) is 30.5 Å². The second kappa shape index (κ2) is 5.84. The Hall–Kier alpha value is -1.33. The number of benzene rings is 1. The molecule has 17 heavy (non-hydrogen) atoms. The summed E-state index contributed by atoms with van der Waals surface area (Å²) in [4.78, 5) is 13.4. The number of halogens is 2. The summed E-state index contributed by atoms with van der Waals surface area (Å²) >= 11 is 0. The van der Waals surface area contributed by atoms with Crippen molar-refractivity contribution >= 4 is 5.78 Å². The molecule has 1 atom stereocenters. The highest BCUT2D eigenvalue weighted by Gasteiger charge is 2.15. The molecule has 94 valence electrons. The summed E-state index contributed by atoms with van der Waals surface area (Å²) in [5.41, 5.74) is 0.126. The molecule has 0 aliphatic carbocycles. The number of carbonyl (C=O) groups is 1. The zero-order valence-electron chi connectivity index (χ0n) is 9.78. The SMILES string of the molecule is CC(CO)N(C)CC(=O)c1ccc(F)c(F)c1. The summed E-state index contributed by atoms with van der Waals surface area (Å²) in [7, 11) is 1.68. The van der Waals surface area contributed by atoms with Gasteiger partial charge in [0.2, 0.25) is 0 Å². The maximum Gasteiger partial charge on any atom is 0.176 e. The van der Waals surface area contributed by atoms with Crippen LogP contribution < -0.4 is 0 Å². The number of nitrogens with zero attached hydrogens (tertiary/aromatic N) is 1. The van der Waals surface area contributed by atoms with Crippen molar-refractivity contribution in [3.8, 4) is 0 Å². The molecule has 0 saturated heterocycles. The van der Waals surface area contributed by atoms with Crippen molar-refractivity contribution in [3.63, 3.8) is 0 Å². The maximum absolute atomic E-state index is 12.9. The summed E-state index contributed by atoms with van der Waals surface area (Å²) in [6, 6.07) is 2.90. The number of Topliss-reactive ketones (excluding diaryl/α,β-unsaturated/α-hetero) is 1. The summed E-state index contributed by atoms with van der Waals surface area (Å²) in [5.74, 6) is -2.32. The summed E-state index contributed by atoms with van der Waals surface area (Å²) in [6.07, 6.45) is 0. The second-order valence-corrected chi connectivity index (χ2v) is 4.00. The van der Waals surface area contributed by atoms with E-state index in [1.54, 1.807) is 18.9 Å². The highest BCUT2D eigenvalue weighted by molar-refractivity contribution is 5.97. The zero-order valence-corrected chi connectivity index (χ0v) is 9.78. The van der Waals surface area contributed by atoms with Gasteiger partial charge in [-0.3, -0.25) is 9.69 Å². The molecule has 1 unspecified atom stereocenters. The van der Waals surface area contributed by atoms with Gasteiger partial charge in [-0.2, -0.15) is 0 Å². The fraction of sp³-hybridized carbons (Fsp3) is 0.417. The highest BCUT2D eigenvalue weighted by Crippen LogP contribution is 2.10. The van der Waals surface area contributed by atoms with Crippen molar-refractivity contribution in [1.29, 1.82) is 0 Å². The third-order valence-corrected chi connectivity index (χ3v) is 2.65. The molecule has 0 aromatic heterocycles. The Kier molecular flexibility index (Phi) is 4.72. The number of hydrogen-bond acceptors (Lipinski definition) is 3. The molecule has 0 aliphatic rings. The van der Waals surface area contributed by atoms with Crippen LogP contribution in [0, 0.1) is 11.6 Å². The van der Waals surface area contributed by atoms with Crippen LogP contribution in [0.4, 0.5) is 8.78 Å². The van der Waals surface area contributed by atoms with Gasteiger partial charge < -0.3 is 5.11 Å². The van der Waals surface area contributed by atoms with E-state index in [1.165, 1.54) is 6.07 Å². The number of ketones is 1. The van der Waals surface area contributed by atoms with Gasteiger partial charge in [-0.15, -0.1) is 0 Å². The molecule has 0 radical (unpaired) electrons. The first-order valence-corrected chi connectivity index (χ1v) is 5.25. The van der Waals surface area contributed by atoms with E-state index in [4.69, 9.17) is 5.11 Å². The fourth-order valence-corrected chi connectivity index (χ4v) is 1.28. The molecule has 0 heterocycles. The monoisotopic (exact) mass is 243 g/mol. The lowest BCUT2D eigenvalue weighted by atomic mass is 10.1. The molecule has 1 rings (SSSR count). The van der Waals surface area contributed by atoms with Gasteiger partial charge >= 0.3 is 0 Å². The van der Waals surface area contributed by atoms with Crippen LogP contribution in [0.3, 0.4) is 0 Å². The van der Waals surface area contributed by atoms with Crippen LogP contribution in [0.5, 0.6) is 0 Å². The lowest BCUT2D eigenvalue weighted by Crippen LogP contribution is -2.36. The standard InChI is InChI=1S/C12H15F2NO2/c1-8(7-16)15(2)6-12(17)9-3-4-10(13)11(14)5-9/h3-5,8,16H,6-7H2,1-2H3. The number of likely N-dealkylation sites (N-methyl/N-ethyl adjacent to an activating group) is 1. The van der Waals surface area contributed by atoms with Crippen LogP contribution in [-0.2, 0) is 0 Å². The Labute approximate surface area is 98.7 Å². The van der Waals surface area contributed by atoms with Crippen molar-refractivity contribution < 1.29 is 18.7 Å². The minimum absolute atomic E-state index is 0.0484. The van der Waals surface area contributed by atoms with Gasteiger partial charge in [-0.1, -0.05) is 0 Å². The molecule has 1 N–H and O–H groups in total. The smallest absolute Gasteiger partial charge is 0.176 e. The van der Waals surface area contributed by atoms with Gasteiger partial charge in [-0.25, -0.2) is 8.78 Å². The van der Waals surface area contributed by atoms with E-state index in [9.17, 15) is 13.6 Å². The molecule has 0 fully saturated rings. The van der Waals surface area contributed by atoms with E-state index < -0.39 is 11.6 Å². The van der Waals surface area contributed by atoms with Crippen molar-refractivity contribution in [2.75, 3.05) is 20.2 Å². The molecule has 5 heteroatoms. The molecule has 3 nitrogen and oxygen atoms in total. The Morgan fingerprint density at radius 1 is 1.41 bits per heavy atom. The molecular formula is C12H15F2NO2. The summed E-state index contributed by atoms with van der Waals surface area (Å²) in [5, 5.41) is 8.91. The van der Waals surface area contributed by atoms with Gasteiger partial charge in [0.15, 0.2) is 17.4 Å². The first-order chi connectivity index (χ1) is 7.95. The minimum atomic E-state index is -1.03. The number of rotatable bonds is 5. The quantitative estimate of drug-likeness (QED) is 0.796. The Morgan fingerprint density at radius 2 is 2.06 bits per heavy atom. The molecular weight excluding hydrogens is 228 g/mol. The molecule has 0 aliphatic heterocycles. The first kappa shape index (κ1) is 13.7. The van der Waals surface area contributed by atoms with Crippen LogP contribution in [0.25, 0.3) is 0 Å². The Morgan fingerprint density at radius 3 is 2.59 bits per heavy atom. The van der Waals surface area contributed by atoms with E-state index in [0.29, 0.717) is 0 Å². The van der Waals surface area contributed by atoms with E-state index in [1.807, 2.05) is 0 Å². The number of aliphatic hydroxyl groups is 1. The van der Waals surface area contributed by atoms with E-state index in [2.05, 4.69) is 0 Å². The van der Waals surface area contributed by atoms with Gasteiger partial charge in [-0.05, 0) is 32.2 Å². The lowest BCUT2D eigenvalue weighted by Gasteiger charge is -2.21. The van der Waals surface area contributed by atoms with E-state index in [0.717, 1.165) is 12.1 Å². The molecule has 1 aromatic carbocycles. The normalized spacial score (nSPS) is 12.8. The third-order valence-electron chi connectivity index (χ3n) is 2.65. The highest BCUT2D eigenvalue weighted by atomic mass is 19.2. The van der Waals surface area contributed by atoms with Crippen molar-refractivity contribution in [1.82, 2.24) is 4.90 Å². The second-order valence-electron chi connectivity index (χ2n) is 4.00. The molecule has 0 spiro atoms. The van der Waals surface area contributed by atoms with Crippen molar-refractivity contribution in [2.24, 2.45) is 0 Å². The molecule has 1 aromatic rings. The third kappa shape index (κ3) is 3.57. The topological polar surface area (TPSA) is 40.5 Å². The van der Waals surface area contributed by atoms with E-state index >= 15 is 0 Å². The maximum atomic E-state index is 12.9. The van der Waals surface area contributed by atoms with Crippen LogP contribution >= 0.6 is 0 Å². The Balaban J connectivity index is 2.73. The largest absolute Gasteiger partial charge is 0.395 e. The average Bonchev–Trinajstić information content (AvgIpc) is 2.31. The molecule has 0 amide bonds. The Bertz CT molecular complexity index is 409. The first-order valence-electron chi connectivity index (χ1n) is 5.25. The number of aliphatic hydroxyl groups excluding tert-OH is 1. The molecule has 0 bridgehead atoms. The van der Waals surface area contributed by atoms with Crippen molar-refractivity contribution in [2.45, 2.75) is 13.0 Å². The van der Waals surface area contributed by atoms with Crippen LogP contribution in [-0.4, -0.2) is 42.0 Å². The minimum Gasteiger partial charge on any atom is -0.395 e. The number of carbonyl (C=O) groups excluding carboxylic acids is 1. The van der Waals surface area contributed by atoms with Gasteiger partial charge in [0, 0.05) is 11.6 Å². The predicted octanol–water partition coefficient (Wildman–Crippen LogP) is 1.46. The van der Waals surface area contributed by atoms with Crippen molar-refractivity contribution in [3.05, 3.63) is 35.4 Å². The van der Waals surface area contributed by atoms with Gasteiger partial charge in [0.1, 0.15) is 0 Å². The van der Waals surface area contributed by atoms with Gasteiger partial charge in [0.05, 0.1) is 13.2 Å². The van der Waals surface area contributed by atoms with Crippen LogP contribution in [0.15, 0.2) is 18.2 Å². The number of hydrogen-bond donors (Lipinski definition) is 1. The average molecular weight is 243 g/mol. The van der Waals surface area contributed by atoms with Crippen LogP contribution in [0.1, 0.15) is 17.3 Å². The summed E-state index contributed by atoms with van der Waals surface area (Å²) < 4.78 is 25.6. The lowest BCUT2D eigenvalue weighted by molar-refractivity contribution is 0.0890. The summed E-state index contributed by atoms with van der Waals surface area (Å²) in [6.45, 7) is 1.74. The molecule has 0 saturated carbocycles.